The zero-order valence-corrected chi connectivity index (χ0v) is 18.2. The molecule has 0 aliphatic rings. The van der Waals surface area contributed by atoms with Gasteiger partial charge in [-0.05, 0) is 56.1 Å². The Labute approximate surface area is 181 Å². The quantitative estimate of drug-likeness (QED) is 0.595. The van der Waals surface area contributed by atoms with E-state index in [1.807, 2.05) is 45.0 Å². The Morgan fingerprint density at radius 2 is 1.90 bits per heavy atom. The average molecular weight is 427 g/mol. The Morgan fingerprint density at radius 1 is 1.20 bits per heavy atom. The lowest BCUT2D eigenvalue weighted by Crippen LogP contribution is -2.40. The van der Waals surface area contributed by atoms with Crippen molar-refractivity contribution in [1.29, 1.82) is 0 Å². The summed E-state index contributed by atoms with van der Waals surface area (Å²) >= 11 is 6.11. The van der Waals surface area contributed by atoms with Crippen LogP contribution in [0.4, 0.5) is 0 Å². The lowest BCUT2D eigenvalue weighted by molar-refractivity contribution is 0.0609. The summed E-state index contributed by atoms with van der Waals surface area (Å²) < 4.78 is 0. The van der Waals surface area contributed by atoms with Gasteiger partial charge in [0.2, 0.25) is 0 Å². The van der Waals surface area contributed by atoms with Gasteiger partial charge in [-0.25, -0.2) is 4.98 Å². The topological polar surface area (TPSA) is 92.1 Å². The van der Waals surface area contributed by atoms with E-state index in [-0.39, 0.29) is 17.4 Å². The number of aromatic amines is 1. The fourth-order valence-electron chi connectivity index (χ4n) is 3.58. The molecule has 1 amide bonds. The van der Waals surface area contributed by atoms with Crippen LogP contribution in [0.5, 0.6) is 0 Å². The molecule has 3 rings (SSSR count). The Morgan fingerprint density at radius 3 is 2.53 bits per heavy atom. The highest BCUT2D eigenvalue weighted by Gasteiger charge is 2.30. The van der Waals surface area contributed by atoms with E-state index in [0.717, 1.165) is 5.56 Å². The van der Waals surface area contributed by atoms with Crippen molar-refractivity contribution < 1.29 is 4.79 Å². The first kappa shape index (κ1) is 22.0. The van der Waals surface area contributed by atoms with Crippen molar-refractivity contribution in [1.82, 2.24) is 14.9 Å². The highest BCUT2D eigenvalue weighted by molar-refractivity contribution is 6.31. The number of nitrogens with one attached hydrogen (secondary N) is 1. The number of amides is 1. The van der Waals surface area contributed by atoms with Crippen LogP contribution in [0.15, 0.2) is 47.3 Å². The van der Waals surface area contributed by atoms with Crippen molar-refractivity contribution in [3.63, 3.8) is 0 Å². The zero-order chi connectivity index (χ0) is 21.8. The van der Waals surface area contributed by atoms with Crippen molar-refractivity contribution in [2.75, 3.05) is 13.1 Å². The first-order valence-corrected chi connectivity index (χ1v) is 10.5. The molecule has 0 fully saturated rings. The first-order valence-electron chi connectivity index (χ1n) is 10.1. The Bertz CT molecular complexity index is 1090. The van der Waals surface area contributed by atoms with E-state index in [9.17, 15) is 9.59 Å². The van der Waals surface area contributed by atoms with Crippen molar-refractivity contribution in [3.05, 3.63) is 74.8 Å². The molecule has 1 atom stereocenters. The Balaban J connectivity index is 2.10. The van der Waals surface area contributed by atoms with Crippen LogP contribution in [0.25, 0.3) is 10.9 Å². The van der Waals surface area contributed by atoms with Crippen LogP contribution in [0.3, 0.4) is 0 Å². The Hall–Kier alpha value is -2.70. The molecule has 158 valence electrons. The third-order valence-corrected chi connectivity index (χ3v) is 5.33. The summed E-state index contributed by atoms with van der Waals surface area (Å²) in [5.41, 5.74) is 7.67. The van der Waals surface area contributed by atoms with E-state index in [2.05, 4.69) is 9.97 Å². The molecule has 1 heterocycles. The molecule has 30 heavy (non-hydrogen) atoms. The maximum Gasteiger partial charge on any atom is 0.258 e. The molecule has 2 aromatic carbocycles. The standard InChI is InChI=1S/C23H27ClN4O2/c1-14(2)20(21-26-19-13-17(24)9-10-18(19)22(29)27-21)28(12-4-11-25)23(30)16-7-5-15(3)6-8-16/h5-10,13-14,20H,4,11-12,25H2,1-3H3,(H,26,27,29). The molecule has 0 aliphatic heterocycles. The van der Waals surface area contributed by atoms with Gasteiger partial charge >= 0.3 is 0 Å². The lowest BCUT2D eigenvalue weighted by atomic mass is 9.99. The Kier molecular flexibility index (Phi) is 6.90. The predicted molar refractivity (Wildman–Crippen MR) is 121 cm³/mol. The second-order valence-corrected chi connectivity index (χ2v) is 8.24. The number of benzene rings is 2. The molecule has 7 heteroatoms. The van der Waals surface area contributed by atoms with Crippen LogP contribution >= 0.6 is 11.6 Å². The maximum absolute atomic E-state index is 13.4. The molecule has 0 aliphatic carbocycles. The van der Waals surface area contributed by atoms with Crippen molar-refractivity contribution in [2.24, 2.45) is 11.7 Å². The largest absolute Gasteiger partial charge is 0.330 e. The third kappa shape index (κ3) is 4.71. The van der Waals surface area contributed by atoms with Gasteiger partial charge in [-0.1, -0.05) is 43.1 Å². The minimum Gasteiger partial charge on any atom is -0.330 e. The van der Waals surface area contributed by atoms with Crippen molar-refractivity contribution in [2.45, 2.75) is 33.2 Å². The van der Waals surface area contributed by atoms with E-state index < -0.39 is 6.04 Å². The average Bonchev–Trinajstić information content (AvgIpc) is 2.70. The highest BCUT2D eigenvalue weighted by Crippen LogP contribution is 2.29. The summed E-state index contributed by atoms with van der Waals surface area (Å²) in [5.74, 6) is 0.343. The second kappa shape index (κ2) is 9.41. The monoisotopic (exact) mass is 426 g/mol. The van der Waals surface area contributed by atoms with Crippen LogP contribution in [-0.4, -0.2) is 33.9 Å². The fraction of sp³-hybridized carbons (Fsp3) is 0.348. The molecule has 1 aromatic heterocycles. The van der Waals surface area contributed by atoms with Gasteiger partial charge in [0.15, 0.2) is 0 Å². The summed E-state index contributed by atoms with van der Waals surface area (Å²) in [6.07, 6.45) is 0.643. The van der Waals surface area contributed by atoms with Crippen molar-refractivity contribution in [3.8, 4) is 0 Å². The lowest BCUT2D eigenvalue weighted by Gasteiger charge is -2.34. The van der Waals surface area contributed by atoms with Gasteiger partial charge in [0.25, 0.3) is 11.5 Å². The predicted octanol–water partition coefficient (Wildman–Crippen LogP) is 4.07. The molecule has 0 saturated carbocycles. The summed E-state index contributed by atoms with van der Waals surface area (Å²) in [5, 5.41) is 0.965. The van der Waals surface area contributed by atoms with Gasteiger partial charge in [0, 0.05) is 17.1 Å². The number of carbonyl (C=O) groups excluding carboxylic acids is 1. The molecule has 3 aromatic rings. The number of H-pyrrole nitrogens is 1. The molecule has 0 saturated heterocycles. The summed E-state index contributed by atoms with van der Waals surface area (Å²) in [7, 11) is 0. The first-order chi connectivity index (χ1) is 14.3. The van der Waals surface area contributed by atoms with E-state index >= 15 is 0 Å². The number of fused-ring (bicyclic) bond motifs is 1. The minimum atomic E-state index is -0.415. The summed E-state index contributed by atoms with van der Waals surface area (Å²) in [6, 6.07) is 12.0. The molecule has 0 radical (unpaired) electrons. The number of aryl methyl sites for hydroxylation is 1. The van der Waals surface area contributed by atoms with Gasteiger partial charge < -0.3 is 15.6 Å². The van der Waals surface area contributed by atoms with E-state index in [4.69, 9.17) is 17.3 Å². The van der Waals surface area contributed by atoms with Gasteiger partial charge in [0.1, 0.15) is 5.82 Å². The fourth-order valence-corrected chi connectivity index (χ4v) is 3.75. The number of aromatic nitrogens is 2. The number of nitrogens with two attached hydrogens (primary N) is 1. The van der Waals surface area contributed by atoms with E-state index in [0.29, 0.717) is 46.8 Å². The SMILES string of the molecule is Cc1ccc(C(=O)N(CCCN)C(c2nc3cc(Cl)ccc3c(=O)[nH]2)C(C)C)cc1. The van der Waals surface area contributed by atoms with Crippen LogP contribution in [-0.2, 0) is 0 Å². The van der Waals surface area contributed by atoms with Gasteiger partial charge in [0.05, 0.1) is 16.9 Å². The molecule has 3 N–H and O–H groups in total. The molecular formula is C23H27ClN4O2. The second-order valence-electron chi connectivity index (χ2n) is 7.81. The number of halogens is 1. The van der Waals surface area contributed by atoms with Gasteiger partial charge in [-0.2, -0.15) is 0 Å². The summed E-state index contributed by atoms with van der Waals surface area (Å²) in [6.45, 7) is 6.91. The number of hydrogen-bond donors (Lipinski definition) is 2. The molecular weight excluding hydrogens is 400 g/mol. The number of nitrogens with zero attached hydrogens (tertiary/aromatic N) is 2. The molecule has 0 bridgehead atoms. The normalized spacial score (nSPS) is 12.3. The van der Waals surface area contributed by atoms with E-state index in [1.165, 1.54) is 0 Å². The zero-order valence-electron chi connectivity index (χ0n) is 17.5. The summed E-state index contributed by atoms with van der Waals surface area (Å²) in [4.78, 5) is 35.4. The van der Waals surface area contributed by atoms with Crippen LogP contribution in [0.1, 0.15) is 48.1 Å². The van der Waals surface area contributed by atoms with E-state index in [1.54, 1.807) is 23.1 Å². The van der Waals surface area contributed by atoms with Gasteiger partial charge in [-0.15, -0.1) is 0 Å². The number of carbonyl (C=O) groups is 1. The van der Waals surface area contributed by atoms with Crippen LogP contribution in [0, 0.1) is 12.8 Å². The molecule has 6 nitrogen and oxygen atoms in total. The molecule has 0 spiro atoms. The van der Waals surface area contributed by atoms with Crippen molar-refractivity contribution >= 4 is 28.4 Å². The highest BCUT2D eigenvalue weighted by atomic mass is 35.5. The van der Waals surface area contributed by atoms with Crippen LogP contribution < -0.4 is 11.3 Å². The smallest absolute Gasteiger partial charge is 0.258 e. The van der Waals surface area contributed by atoms with Crippen LogP contribution in [0.2, 0.25) is 5.02 Å². The minimum absolute atomic E-state index is 0.0111. The maximum atomic E-state index is 13.4. The van der Waals surface area contributed by atoms with Gasteiger partial charge in [-0.3, -0.25) is 9.59 Å². The number of hydrogen-bond acceptors (Lipinski definition) is 4. The number of rotatable bonds is 7. The molecule has 1 unspecified atom stereocenters. The third-order valence-electron chi connectivity index (χ3n) is 5.10.